The molecule has 0 heterocycles. The largest absolute Gasteiger partial charge is 0.508 e. The monoisotopic (exact) mass is 142 g/mol. The molecule has 0 amide bonds. The minimum Gasteiger partial charge on any atom is -0.508 e. The van der Waals surface area contributed by atoms with E-state index in [2.05, 4.69) is 0 Å². The number of hydrogen-bond acceptors (Lipinski definition) is 1. The van der Waals surface area contributed by atoms with Crippen molar-refractivity contribution in [3.05, 3.63) is 29.8 Å². The molecule has 1 nitrogen and oxygen atoms in total. The van der Waals surface area contributed by atoms with Crippen molar-refractivity contribution < 1.29 is 5.11 Å². The van der Waals surface area contributed by atoms with E-state index in [0.717, 1.165) is 0 Å². The van der Waals surface area contributed by atoms with Gasteiger partial charge in [0.2, 0.25) is 0 Å². The maximum Gasteiger partial charge on any atom is 0.115 e. The minimum atomic E-state index is 0. The highest BCUT2D eigenvalue weighted by Gasteiger charge is 1.82. The lowest BCUT2D eigenvalue weighted by molar-refractivity contribution is 0.475. The number of benzene rings is 1. The van der Waals surface area contributed by atoms with E-state index in [4.69, 9.17) is 5.11 Å². The summed E-state index contributed by atoms with van der Waals surface area (Å²) < 4.78 is 0. The number of aryl methyl sites for hydroxylation is 1. The van der Waals surface area contributed by atoms with Crippen LogP contribution >= 0.6 is 9.90 Å². The fourth-order valence-electron chi connectivity index (χ4n) is 0.545. The molecule has 1 unspecified atom stereocenters. The van der Waals surface area contributed by atoms with Gasteiger partial charge in [0.15, 0.2) is 0 Å². The van der Waals surface area contributed by atoms with E-state index < -0.39 is 0 Å². The van der Waals surface area contributed by atoms with E-state index in [1.165, 1.54) is 5.56 Å². The summed E-state index contributed by atoms with van der Waals surface area (Å²) in [7, 11) is 0. The summed E-state index contributed by atoms with van der Waals surface area (Å²) >= 11 is 0. The third-order valence-electron chi connectivity index (χ3n) is 1.03. The van der Waals surface area contributed by atoms with Gasteiger partial charge in [0, 0.05) is 0 Å². The average molecular weight is 142 g/mol. The molecule has 0 bridgehead atoms. The van der Waals surface area contributed by atoms with E-state index >= 15 is 0 Å². The summed E-state index contributed by atoms with van der Waals surface area (Å²) in [5, 5.41) is 8.76. The molecular formula is C7H11OP. The summed E-state index contributed by atoms with van der Waals surface area (Å²) in [4.78, 5) is 0. The van der Waals surface area contributed by atoms with E-state index in [-0.39, 0.29) is 9.90 Å². The van der Waals surface area contributed by atoms with Crippen LogP contribution in [0.15, 0.2) is 24.3 Å². The van der Waals surface area contributed by atoms with Crippen molar-refractivity contribution in [2.45, 2.75) is 6.92 Å². The van der Waals surface area contributed by atoms with Gasteiger partial charge in [0.1, 0.15) is 5.75 Å². The molecule has 2 heteroatoms. The molecule has 0 radical (unpaired) electrons. The van der Waals surface area contributed by atoms with Crippen LogP contribution in [-0.4, -0.2) is 5.11 Å². The van der Waals surface area contributed by atoms with Crippen molar-refractivity contribution in [2.75, 3.05) is 0 Å². The zero-order valence-electron chi connectivity index (χ0n) is 5.46. The first kappa shape index (κ1) is 8.45. The quantitative estimate of drug-likeness (QED) is 0.547. The summed E-state index contributed by atoms with van der Waals surface area (Å²) in [6.07, 6.45) is 0. The second-order valence-corrected chi connectivity index (χ2v) is 1.84. The van der Waals surface area contributed by atoms with Gasteiger partial charge in [0.05, 0.1) is 0 Å². The zero-order valence-corrected chi connectivity index (χ0v) is 6.88. The Bertz CT molecular complexity index is 148. The molecule has 0 saturated carbocycles. The Hall–Kier alpha value is -0.550. The number of rotatable bonds is 0. The summed E-state index contributed by atoms with van der Waals surface area (Å²) in [5.74, 6) is 0.329. The zero-order chi connectivity index (χ0) is 5.98. The van der Waals surface area contributed by atoms with Gasteiger partial charge in [-0.3, -0.25) is 0 Å². The van der Waals surface area contributed by atoms with Crippen LogP contribution < -0.4 is 0 Å². The van der Waals surface area contributed by atoms with E-state index in [1.54, 1.807) is 12.1 Å². The van der Waals surface area contributed by atoms with Crippen molar-refractivity contribution >= 4 is 9.90 Å². The predicted octanol–water partition coefficient (Wildman–Crippen LogP) is 1.76. The highest BCUT2D eigenvalue weighted by atomic mass is 31.0. The van der Waals surface area contributed by atoms with Crippen LogP contribution in [0.3, 0.4) is 0 Å². The molecule has 1 rings (SSSR count). The van der Waals surface area contributed by atoms with Gasteiger partial charge in [-0.05, 0) is 19.1 Å². The van der Waals surface area contributed by atoms with Gasteiger partial charge < -0.3 is 5.11 Å². The Kier molecular flexibility index (Phi) is 3.26. The van der Waals surface area contributed by atoms with Gasteiger partial charge >= 0.3 is 0 Å². The second-order valence-electron chi connectivity index (χ2n) is 1.84. The third kappa shape index (κ3) is 2.48. The van der Waals surface area contributed by atoms with Crippen LogP contribution in [0, 0.1) is 6.92 Å². The Balaban J connectivity index is 0.000000640. The lowest BCUT2D eigenvalue weighted by Crippen LogP contribution is -1.66. The molecular weight excluding hydrogens is 131 g/mol. The second kappa shape index (κ2) is 3.47. The maximum atomic E-state index is 8.76. The SMILES string of the molecule is Cc1ccc(O)cc1.P. The van der Waals surface area contributed by atoms with Gasteiger partial charge in [-0.25, -0.2) is 0 Å². The minimum absolute atomic E-state index is 0. The summed E-state index contributed by atoms with van der Waals surface area (Å²) in [5.41, 5.74) is 1.17. The fourth-order valence-corrected chi connectivity index (χ4v) is 0.545. The molecule has 1 aromatic carbocycles. The van der Waals surface area contributed by atoms with E-state index in [0.29, 0.717) is 5.75 Å². The van der Waals surface area contributed by atoms with Gasteiger partial charge in [-0.2, -0.15) is 9.90 Å². The van der Waals surface area contributed by atoms with Crippen molar-refractivity contribution in [3.63, 3.8) is 0 Å². The van der Waals surface area contributed by atoms with Crippen LogP contribution in [0.5, 0.6) is 5.75 Å². The van der Waals surface area contributed by atoms with Crippen LogP contribution in [0.25, 0.3) is 0 Å². The van der Waals surface area contributed by atoms with Crippen molar-refractivity contribution in [1.29, 1.82) is 0 Å². The molecule has 0 aliphatic heterocycles. The van der Waals surface area contributed by atoms with Crippen molar-refractivity contribution in [3.8, 4) is 5.75 Å². The van der Waals surface area contributed by atoms with Crippen LogP contribution in [-0.2, 0) is 0 Å². The van der Waals surface area contributed by atoms with Crippen LogP contribution in [0.1, 0.15) is 5.56 Å². The highest BCUT2D eigenvalue weighted by molar-refractivity contribution is 6.92. The molecule has 9 heavy (non-hydrogen) atoms. The molecule has 0 aromatic heterocycles. The maximum absolute atomic E-state index is 8.76. The van der Waals surface area contributed by atoms with Gasteiger partial charge in [0.25, 0.3) is 0 Å². The van der Waals surface area contributed by atoms with Crippen LogP contribution in [0.2, 0.25) is 0 Å². The number of aromatic hydroxyl groups is 1. The van der Waals surface area contributed by atoms with Gasteiger partial charge in [-0.15, -0.1) is 0 Å². The standard InChI is InChI=1S/C7H8O.H3P/c1-6-2-4-7(8)5-3-6;/h2-5,8H,1H3;1H3. The summed E-state index contributed by atoms with van der Waals surface area (Å²) in [6, 6.07) is 7.09. The smallest absolute Gasteiger partial charge is 0.115 e. The average Bonchev–Trinajstić information content (AvgIpc) is 1.77. The Morgan fingerprint density at radius 2 is 1.56 bits per heavy atom. The lowest BCUT2D eigenvalue weighted by atomic mass is 10.2. The molecule has 0 aliphatic rings. The molecule has 1 aromatic rings. The topological polar surface area (TPSA) is 20.2 Å². The number of phenolic OH excluding ortho intramolecular Hbond substituents is 1. The first-order valence-electron chi connectivity index (χ1n) is 2.54. The molecule has 0 spiro atoms. The fraction of sp³-hybridized carbons (Fsp3) is 0.143. The van der Waals surface area contributed by atoms with Crippen LogP contribution in [0.4, 0.5) is 0 Å². The Morgan fingerprint density at radius 1 is 1.11 bits per heavy atom. The van der Waals surface area contributed by atoms with Crippen molar-refractivity contribution in [1.82, 2.24) is 0 Å². The van der Waals surface area contributed by atoms with Crippen molar-refractivity contribution in [2.24, 2.45) is 0 Å². The third-order valence-corrected chi connectivity index (χ3v) is 1.03. The highest BCUT2D eigenvalue weighted by Crippen LogP contribution is 2.07. The molecule has 0 aliphatic carbocycles. The Morgan fingerprint density at radius 3 is 1.89 bits per heavy atom. The normalized spacial score (nSPS) is 8.11. The Labute approximate surface area is 58.3 Å². The lowest BCUT2D eigenvalue weighted by Gasteiger charge is -1.89. The number of hydrogen-bond donors (Lipinski definition) is 1. The molecule has 1 N–H and O–H groups in total. The van der Waals surface area contributed by atoms with E-state index in [1.807, 2.05) is 19.1 Å². The number of phenols is 1. The van der Waals surface area contributed by atoms with E-state index in [9.17, 15) is 0 Å². The molecule has 0 fully saturated rings. The predicted molar refractivity (Wildman–Crippen MR) is 43.9 cm³/mol. The molecule has 0 saturated heterocycles. The molecule has 1 atom stereocenters. The van der Waals surface area contributed by atoms with Gasteiger partial charge in [-0.1, -0.05) is 17.7 Å². The first-order chi connectivity index (χ1) is 3.79. The summed E-state index contributed by atoms with van der Waals surface area (Å²) in [6.45, 7) is 1.99. The first-order valence-corrected chi connectivity index (χ1v) is 2.54. The molecule has 50 valence electrons.